The number of ketones is 1. The van der Waals surface area contributed by atoms with E-state index in [0.717, 1.165) is 11.4 Å². The van der Waals surface area contributed by atoms with E-state index in [4.69, 9.17) is 0 Å². The zero-order chi connectivity index (χ0) is 12.5. The summed E-state index contributed by atoms with van der Waals surface area (Å²) in [6, 6.07) is 3.64. The molecule has 0 fully saturated rings. The molecule has 5 heteroatoms. The average Bonchev–Trinajstić information content (AvgIpc) is 3.04. The van der Waals surface area contributed by atoms with Crippen LogP contribution >= 0.6 is 11.3 Å². The first-order valence-corrected chi connectivity index (χ1v) is 6.28. The van der Waals surface area contributed by atoms with E-state index >= 15 is 0 Å². The van der Waals surface area contributed by atoms with Gasteiger partial charge in [0.15, 0.2) is 11.4 Å². The van der Waals surface area contributed by atoms with Gasteiger partial charge in [0, 0.05) is 17.1 Å². The molecule has 0 spiro atoms. The molecule has 0 aromatic carbocycles. The number of aromatic nitrogens is 3. The summed E-state index contributed by atoms with van der Waals surface area (Å²) in [4.78, 5) is 23.4. The number of aromatic amines is 1. The van der Waals surface area contributed by atoms with Gasteiger partial charge in [0.1, 0.15) is 5.82 Å². The highest BCUT2D eigenvalue weighted by Gasteiger charge is 2.12. The Morgan fingerprint density at radius 3 is 3.06 bits per heavy atom. The van der Waals surface area contributed by atoms with Gasteiger partial charge in [0.2, 0.25) is 0 Å². The number of fused-ring (bicyclic) bond motifs is 1. The lowest BCUT2D eigenvalue weighted by Gasteiger charge is -1.95. The number of thiophene rings is 1. The van der Waals surface area contributed by atoms with Crippen LogP contribution in [0.2, 0.25) is 0 Å². The third-order valence-corrected chi connectivity index (χ3v) is 3.32. The highest BCUT2D eigenvalue weighted by atomic mass is 32.1. The van der Waals surface area contributed by atoms with Crippen molar-refractivity contribution in [1.29, 1.82) is 0 Å². The van der Waals surface area contributed by atoms with E-state index in [-0.39, 0.29) is 5.78 Å². The number of pyridine rings is 1. The molecule has 3 heterocycles. The minimum absolute atomic E-state index is 0.136. The van der Waals surface area contributed by atoms with Crippen molar-refractivity contribution in [3.8, 4) is 11.4 Å². The molecule has 3 aromatic heterocycles. The van der Waals surface area contributed by atoms with Gasteiger partial charge < -0.3 is 4.98 Å². The molecule has 0 bridgehead atoms. The molecular formula is C13H9N3OS. The summed E-state index contributed by atoms with van der Waals surface area (Å²) < 4.78 is 0. The lowest BCUT2D eigenvalue weighted by molar-refractivity contribution is 0.104. The van der Waals surface area contributed by atoms with Crippen molar-refractivity contribution in [3.63, 3.8) is 0 Å². The van der Waals surface area contributed by atoms with E-state index in [1.807, 2.05) is 16.8 Å². The molecule has 0 unspecified atom stereocenters. The van der Waals surface area contributed by atoms with Crippen LogP contribution in [0, 0.1) is 0 Å². The highest BCUT2D eigenvalue weighted by molar-refractivity contribution is 7.08. The fourth-order valence-corrected chi connectivity index (χ4v) is 2.40. The van der Waals surface area contributed by atoms with Crippen molar-refractivity contribution in [1.82, 2.24) is 15.0 Å². The summed E-state index contributed by atoms with van der Waals surface area (Å²) in [5.74, 6) is 0.589. The number of hydrogen-bond acceptors (Lipinski definition) is 4. The Kier molecular flexibility index (Phi) is 2.53. The van der Waals surface area contributed by atoms with Crippen LogP contribution in [0.25, 0.3) is 22.6 Å². The quantitative estimate of drug-likeness (QED) is 0.578. The maximum Gasteiger partial charge on any atom is 0.187 e. The minimum atomic E-state index is -0.136. The number of rotatable bonds is 3. The number of imidazole rings is 1. The van der Waals surface area contributed by atoms with Gasteiger partial charge in [-0.15, -0.1) is 0 Å². The van der Waals surface area contributed by atoms with E-state index in [2.05, 4.69) is 21.5 Å². The summed E-state index contributed by atoms with van der Waals surface area (Å²) >= 11 is 1.60. The maximum atomic E-state index is 11.7. The lowest BCUT2D eigenvalue weighted by Crippen LogP contribution is -1.95. The molecule has 4 nitrogen and oxygen atoms in total. The maximum absolute atomic E-state index is 11.7. The van der Waals surface area contributed by atoms with Gasteiger partial charge in [0.25, 0.3) is 0 Å². The van der Waals surface area contributed by atoms with Crippen LogP contribution in [-0.4, -0.2) is 20.7 Å². The van der Waals surface area contributed by atoms with Gasteiger partial charge in [-0.1, -0.05) is 6.58 Å². The Morgan fingerprint density at radius 2 is 2.33 bits per heavy atom. The van der Waals surface area contributed by atoms with E-state index in [1.54, 1.807) is 23.6 Å². The molecule has 0 aliphatic rings. The lowest BCUT2D eigenvalue weighted by atomic mass is 10.1. The Hall–Kier alpha value is -2.27. The third-order valence-electron chi connectivity index (χ3n) is 2.64. The molecule has 18 heavy (non-hydrogen) atoms. The number of allylic oxidation sites excluding steroid dienone is 1. The monoisotopic (exact) mass is 255 g/mol. The summed E-state index contributed by atoms with van der Waals surface area (Å²) in [6.07, 6.45) is 2.87. The molecular weight excluding hydrogens is 246 g/mol. The smallest absolute Gasteiger partial charge is 0.187 e. The van der Waals surface area contributed by atoms with Crippen molar-refractivity contribution < 1.29 is 4.79 Å². The Balaban J connectivity index is 2.23. The summed E-state index contributed by atoms with van der Waals surface area (Å²) in [5.41, 5.74) is 2.74. The second kappa shape index (κ2) is 4.19. The third kappa shape index (κ3) is 1.65. The predicted molar refractivity (Wildman–Crippen MR) is 71.7 cm³/mol. The molecule has 0 amide bonds. The molecule has 0 aliphatic heterocycles. The van der Waals surface area contributed by atoms with Crippen molar-refractivity contribution in [2.24, 2.45) is 0 Å². The van der Waals surface area contributed by atoms with E-state index in [9.17, 15) is 4.79 Å². The first-order valence-electron chi connectivity index (χ1n) is 5.33. The molecule has 3 aromatic rings. The molecule has 0 radical (unpaired) electrons. The average molecular weight is 255 g/mol. The van der Waals surface area contributed by atoms with Gasteiger partial charge in [-0.25, -0.2) is 9.97 Å². The second-order valence-corrected chi connectivity index (χ2v) is 4.50. The van der Waals surface area contributed by atoms with Crippen LogP contribution in [0.1, 0.15) is 10.4 Å². The summed E-state index contributed by atoms with van der Waals surface area (Å²) in [6.45, 7) is 3.50. The minimum Gasteiger partial charge on any atom is -0.336 e. The zero-order valence-electron chi connectivity index (χ0n) is 9.38. The molecule has 1 N–H and O–H groups in total. The molecule has 0 saturated heterocycles. The SMILES string of the molecule is C=CC(=O)c1ccnc2nc(-c3ccsc3)[nH]c12. The van der Waals surface area contributed by atoms with Gasteiger partial charge in [0.05, 0.1) is 11.1 Å². The van der Waals surface area contributed by atoms with Crippen LogP contribution in [0.15, 0.2) is 41.7 Å². The summed E-state index contributed by atoms with van der Waals surface area (Å²) in [5, 5.41) is 3.97. The fourth-order valence-electron chi connectivity index (χ4n) is 1.76. The Morgan fingerprint density at radius 1 is 1.44 bits per heavy atom. The molecule has 0 saturated carbocycles. The van der Waals surface area contributed by atoms with Crippen molar-refractivity contribution in [2.45, 2.75) is 0 Å². The molecule has 88 valence electrons. The normalized spacial score (nSPS) is 10.7. The van der Waals surface area contributed by atoms with E-state index < -0.39 is 0 Å². The fraction of sp³-hybridized carbons (Fsp3) is 0. The van der Waals surface area contributed by atoms with Gasteiger partial charge >= 0.3 is 0 Å². The van der Waals surface area contributed by atoms with Crippen molar-refractivity contribution in [3.05, 3.63) is 47.3 Å². The van der Waals surface area contributed by atoms with E-state index in [0.29, 0.717) is 16.7 Å². The predicted octanol–water partition coefficient (Wildman–Crippen LogP) is 3.06. The van der Waals surface area contributed by atoms with Crippen LogP contribution in [0.4, 0.5) is 0 Å². The topological polar surface area (TPSA) is 58.6 Å². The number of H-pyrrole nitrogens is 1. The second-order valence-electron chi connectivity index (χ2n) is 3.72. The van der Waals surface area contributed by atoms with Gasteiger partial charge in [-0.3, -0.25) is 4.79 Å². The molecule has 3 rings (SSSR count). The first kappa shape index (κ1) is 10.9. The largest absolute Gasteiger partial charge is 0.336 e. The van der Waals surface area contributed by atoms with Crippen LogP contribution in [0.5, 0.6) is 0 Å². The van der Waals surface area contributed by atoms with E-state index in [1.165, 1.54) is 6.08 Å². The number of carbonyl (C=O) groups excluding carboxylic acids is 1. The Labute approximate surface area is 107 Å². The van der Waals surface area contributed by atoms with Gasteiger partial charge in [-0.2, -0.15) is 11.3 Å². The summed E-state index contributed by atoms with van der Waals surface area (Å²) in [7, 11) is 0. The number of hydrogen-bond donors (Lipinski definition) is 1. The number of nitrogens with one attached hydrogen (secondary N) is 1. The highest BCUT2D eigenvalue weighted by Crippen LogP contribution is 2.23. The number of carbonyl (C=O) groups is 1. The van der Waals surface area contributed by atoms with Crippen LogP contribution < -0.4 is 0 Å². The van der Waals surface area contributed by atoms with Gasteiger partial charge in [-0.05, 0) is 23.6 Å². The molecule has 0 atom stereocenters. The standard InChI is InChI=1S/C13H9N3OS/c1-2-10(17)9-3-5-14-13-11(9)15-12(16-13)8-4-6-18-7-8/h2-7H,1H2,(H,14,15,16). The zero-order valence-corrected chi connectivity index (χ0v) is 10.2. The van der Waals surface area contributed by atoms with Crippen LogP contribution in [0.3, 0.4) is 0 Å². The van der Waals surface area contributed by atoms with Crippen molar-refractivity contribution in [2.75, 3.05) is 0 Å². The Bertz CT molecular complexity index is 728. The van der Waals surface area contributed by atoms with Crippen molar-refractivity contribution >= 4 is 28.3 Å². The first-order chi connectivity index (χ1) is 8.79. The van der Waals surface area contributed by atoms with Crippen LogP contribution in [-0.2, 0) is 0 Å². The molecule has 0 aliphatic carbocycles. The number of nitrogens with zero attached hydrogens (tertiary/aromatic N) is 2.